The van der Waals surface area contributed by atoms with Crippen molar-refractivity contribution in [2.24, 2.45) is 5.92 Å². The number of aromatic nitrogens is 4. The van der Waals surface area contributed by atoms with Crippen LogP contribution in [0.15, 0.2) is 11.1 Å². The number of ether oxygens (including phenoxy) is 2. The van der Waals surface area contributed by atoms with Gasteiger partial charge in [-0.1, -0.05) is 20.8 Å². The molecule has 1 aliphatic rings. The van der Waals surface area contributed by atoms with Gasteiger partial charge in [0.2, 0.25) is 11.9 Å². The van der Waals surface area contributed by atoms with Crippen LogP contribution in [-0.4, -0.2) is 67.2 Å². The SMILES string of the molecule is CCCOC1[C@@H](O)[C@@H](CO)O[C@H]1n1cnc2c(=O)[nH]c(NC(=O)C(C)C)nc21. The van der Waals surface area contributed by atoms with E-state index in [0.29, 0.717) is 6.61 Å². The summed E-state index contributed by atoms with van der Waals surface area (Å²) in [6.07, 6.45) is -1.42. The highest BCUT2D eigenvalue weighted by Crippen LogP contribution is 2.33. The number of imidazole rings is 1. The van der Waals surface area contributed by atoms with Crippen LogP contribution in [0.5, 0.6) is 0 Å². The minimum Gasteiger partial charge on any atom is -0.394 e. The van der Waals surface area contributed by atoms with Crippen LogP contribution in [0.1, 0.15) is 33.4 Å². The summed E-state index contributed by atoms with van der Waals surface area (Å²) < 4.78 is 12.9. The molecule has 0 spiro atoms. The number of carbonyl (C=O) groups is 1. The summed E-state index contributed by atoms with van der Waals surface area (Å²) in [4.78, 5) is 35.1. The van der Waals surface area contributed by atoms with Crippen LogP contribution in [0.2, 0.25) is 0 Å². The number of hydrogen-bond acceptors (Lipinski definition) is 8. The number of fused-ring (bicyclic) bond motifs is 1. The first kappa shape index (κ1) is 20.4. The first-order chi connectivity index (χ1) is 13.4. The number of aromatic amines is 1. The number of rotatable bonds is 7. The van der Waals surface area contributed by atoms with Gasteiger partial charge in [-0.2, -0.15) is 4.98 Å². The highest BCUT2D eigenvalue weighted by Gasteiger charge is 2.45. The number of hydrogen-bond donors (Lipinski definition) is 4. The normalized spacial score (nSPS) is 24.9. The molecule has 1 unspecified atom stereocenters. The van der Waals surface area contributed by atoms with Crippen LogP contribution < -0.4 is 10.9 Å². The van der Waals surface area contributed by atoms with Gasteiger partial charge >= 0.3 is 0 Å². The smallest absolute Gasteiger partial charge is 0.280 e. The molecule has 0 saturated carbocycles. The fourth-order valence-electron chi connectivity index (χ4n) is 2.96. The summed E-state index contributed by atoms with van der Waals surface area (Å²) in [5.41, 5.74) is -0.294. The molecule has 0 radical (unpaired) electrons. The zero-order chi connectivity index (χ0) is 20.4. The minimum absolute atomic E-state index is 0.0127. The number of aliphatic hydroxyl groups is 2. The Labute approximate surface area is 160 Å². The van der Waals surface area contributed by atoms with E-state index in [2.05, 4.69) is 20.3 Å². The summed E-state index contributed by atoms with van der Waals surface area (Å²) >= 11 is 0. The lowest BCUT2D eigenvalue weighted by molar-refractivity contribution is -0.118. The predicted molar refractivity (Wildman–Crippen MR) is 98.7 cm³/mol. The standard InChI is InChI=1S/C17H25N5O6/c1-4-5-27-12-11(24)9(6-23)28-16(12)22-7-18-10-13(22)19-17(21-15(10)26)20-14(25)8(2)3/h7-9,11-12,16,23-24H,4-6H2,1-3H3,(H2,19,20,21,25,26)/t9-,11+,12?,16-/m1/s1. The lowest BCUT2D eigenvalue weighted by Gasteiger charge is -2.21. The minimum atomic E-state index is -1.05. The van der Waals surface area contributed by atoms with Gasteiger partial charge in [-0.05, 0) is 6.42 Å². The number of nitrogens with one attached hydrogen (secondary N) is 2. The molecule has 3 rings (SSSR count). The fraction of sp³-hybridized carbons (Fsp3) is 0.647. The van der Waals surface area contributed by atoms with Crippen LogP contribution in [0.25, 0.3) is 11.2 Å². The van der Waals surface area contributed by atoms with Gasteiger partial charge in [-0.25, -0.2) is 4.98 Å². The predicted octanol–water partition coefficient (Wildman–Crippen LogP) is -0.240. The third-order valence-corrected chi connectivity index (χ3v) is 4.48. The summed E-state index contributed by atoms with van der Waals surface area (Å²) in [6.45, 7) is 5.36. The second-order valence-corrected chi connectivity index (χ2v) is 6.96. The third kappa shape index (κ3) is 3.78. The van der Waals surface area contributed by atoms with Crippen LogP contribution in [-0.2, 0) is 14.3 Å². The summed E-state index contributed by atoms with van der Waals surface area (Å²) in [7, 11) is 0. The zero-order valence-corrected chi connectivity index (χ0v) is 16.0. The molecular formula is C17H25N5O6. The molecule has 154 valence electrons. The number of H-pyrrole nitrogens is 1. The lowest BCUT2D eigenvalue weighted by Crippen LogP contribution is -2.35. The second-order valence-electron chi connectivity index (χ2n) is 6.96. The highest BCUT2D eigenvalue weighted by atomic mass is 16.6. The van der Waals surface area contributed by atoms with Crippen molar-refractivity contribution < 1.29 is 24.5 Å². The largest absolute Gasteiger partial charge is 0.394 e. The molecule has 1 saturated heterocycles. The molecule has 4 atom stereocenters. The van der Waals surface area contributed by atoms with Gasteiger partial charge < -0.3 is 19.7 Å². The molecule has 1 fully saturated rings. The molecule has 4 N–H and O–H groups in total. The van der Waals surface area contributed by atoms with Crippen molar-refractivity contribution >= 4 is 23.0 Å². The van der Waals surface area contributed by atoms with Gasteiger partial charge in [0.05, 0.1) is 12.9 Å². The van der Waals surface area contributed by atoms with Gasteiger partial charge in [0, 0.05) is 12.5 Å². The number of carbonyl (C=O) groups excluding carboxylic acids is 1. The van der Waals surface area contributed by atoms with Crippen molar-refractivity contribution in [2.45, 2.75) is 51.7 Å². The molecular weight excluding hydrogens is 370 g/mol. The van der Waals surface area contributed by atoms with Gasteiger partial charge in [-0.3, -0.25) is 24.5 Å². The van der Waals surface area contributed by atoms with E-state index >= 15 is 0 Å². The maximum atomic E-state index is 12.3. The summed E-state index contributed by atoms with van der Waals surface area (Å²) in [6, 6.07) is 0. The molecule has 11 heteroatoms. The molecule has 1 aliphatic heterocycles. The van der Waals surface area contributed by atoms with E-state index < -0.39 is 30.1 Å². The number of aliphatic hydroxyl groups excluding tert-OH is 2. The Morgan fingerprint density at radius 3 is 2.89 bits per heavy atom. The molecule has 0 aromatic carbocycles. The molecule has 2 aromatic heterocycles. The van der Waals surface area contributed by atoms with E-state index in [4.69, 9.17) is 9.47 Å². The van der Waals surface area contributed by atoms with Crippen molar-refractivity contribution in [1.82, 2.24) is 19.5 Å². The van der Waals surface area contributed by atoms with Crippen molar-refractivity contribution in [1.29, 1.82) is 0 Å². The quantitative estimate of drug-likeness (QED) is 0.501. The summed E-state index contributed by atoms with van der Waals surface area (Å²) in [5, 5.41) is 22.4. The average Bonchev–Trinajstić information content (AvgIpc) is 3.21. The topological polar surface area (TPSA) is 152 Å². The average molecular weight is 395 g/mol. The third-order valence-electron chi connectivity index (χ3n) is 4.48. The second kappa shape index (κ2) is 8.35. The Bertz CT molecular complexity index is 894. The molecule has 28 heavy (non-hydrogen) atoms. The van der Waals surface area contributed by atoms with E-state index in [0.717, 1.165) is 6.42 Å². The Balaban J connectivity index is 2.00. The molecule has 0 aliphatic carbocycles. The molecule has 11 nitrogen and oxygen atoms in total. The van der Waals surface area contributed by atoms with E-state index in [-0.39, 0.29) is 35.5 Å². The Morgan fingerprint density at radius 1 is 1.50 bits per heavy atom. The van der Waals surface area contributed by atoms with Crippen molar-refractivity contribution in [3.05, 3.63) is 16.7 Å². The van der Waals surface area contributed by atoms with Gasteiger partial charge in [0.15, 0.2) is 17.4 Å². The van der Waals surface area contributed by atoms with Crippen molar-refractivity contribution in [3.63, 3.8) is 0 Å². The van der Waals surface area contributed by atoms with E-state index in [1.165, 1.54) is 10.9 Å². The Kier molecular flexibility index (Phi) is 6.08. The van der Waals surface area contributed by atoms with E-state index in [9.17, 15) is 19.8 Å². The number of nitrogens with zero attached hydrogens (tertiary/aromatic N) is 3. The van der Waals surface area contributed by atoms with Gasteiger partial charge in [0.25, 0.3) is 5.56 Å². The van der Waals surface area contributed by atoms with E-state index in [1.54, 1.807) is 13.8 Å². The van der Waals surface area contributed by atoms with Crippen LogP contribution in [0.4, 0.5) is 5.95 Å². The number of anilines is 1. The first-order valence-electron chi connectivity index (χ1n) is 9.21. The Hall–Kier alpha value is -2.34. The van der Waals surface area contributed by atoms with E-state index in [1.807, 2.05) is 6.92 Å². The van der Waals surface area contributed by atoms with Crippen molar-refractivity contribution in [3.8, 4) is 0 Å². The zero-order valence-electron chi connectivity index (χ0n) is 16.0. The monoisotopic (exact) mass is 395 g/mol. The summed E-state index contributed by atoms with van der Waals surface area (Å²) in [5.74, 6) is -0.608. The van der Waals surface area contributed by atoms with Crippen LogP contribution in [0, 0.1) is 5.92 Å². The van der Waals surface area contributed by atoms with Crippen LogP contribution >= 0.6 is 0 Å². The molecule has 1 amide bonds. The molecule has 0 bridgehead atoms. The molecule has 2 aromatic rings. The molecule has 3 heterocycles. The maximum absolute atomic E-state index is 12.3. The Morgan fingerprint density at radius 2 is 2.25 bits per heavy atom. The van der Waals surface area contributed by atoms with Crippen LogP contribution in [0.3, 0.4) is 0 Å². The maximum Gasteiger partial charge on any atom is 0.280 e. The fourth-order valence-corrected chi connectivity index (χ4v) is 2.96. The van der Waals surface area contributed by atoms with Gasteiger partial charge in [0.1, 0.15) is 18.3 Å². The highest BCUT2D eigenvalue weighted by molar-refractivity contribution is 5.91. The number of amides is 1. The first-order valence-corrected chi connectivity index (χ1v) is 9.21. The van der Waals surface area contributed by atoms with Crippen molar-refractivity contribution in [2.75, 3.05) is 18.5 Å². The lowest BCUT2D eigenvalue weighted by atomic mass is 10.1. The van der Waals surface area contributed by atoms with Gasteiger partial charge in [-0.15, -0.1) is 0 Å².